The Morgan fingerprint density at radius 1 is 0.289 bits per heavy atom. The van der Waals surface area contributed by atoms with E-state index in [9.17, 15) is 0 Å². The fraction of sp³-hybridized carbons (Fsp3) is 0.158. The molecule has 0 saturated heterocycles. The quantitative estimate of drug-likeness (QED) is 0.145. The Morgan fingerprint density at radius 3 is 0.895 bits per heavy atom. The highest BCUT2D eigenvalue weighted by Crippen LogP contribution is 2.32. The van der Waals surface area contributed by atoms with Gasteiger partial charge in [0.1, 0.15) is 0 Å². The van der Waals surface area contributed by atoms with Crippen LogP contribution in [0.1, 0.15) is 38.8 Å². The Bertz CT molecular complexity index is 1630. The molecule has 38 heavy (non-hydrogen) atoms. The molecule has 0 nitrogen and oxygen atoms in total. The van der Waals surface area contributed by atoms with Gasteiger partial charge >= 0.3 is 0 Å². The summed E-state index contributed by atoms with van der Waals surface area (Å²) in [5, 5.41) is 13.5. The Hall–Kier alpha value is -4.16. The zero-order valence-electron chi connectivity index (χ0n) is 23.5. The van der Waals surface area contributed by atoms with Crippen molar-refractivity contribution in [2.75, 3.05) is 0 Å². The van der Waals surface area contributed by atoms with Crippen LogP contribution in [0.25, 0.3) is 53.9 Å². The zero-order valence-corrected chi connectivity index (χ0v) is 23.5. The van der Waals surface area contributed by atoms with Crippen molar-refractivity contribution in [3.63, 3.8) is 0 Å². The van der Waals surface area contributed by atoms with Crippen molar-refractivity contribution in [2.45, 2.75) is 41.5 Å². The zero-order chi connectivity index (χ0) is 27.1. The van der Waals surface area contributed by atoms with E-state index in [-0.39, 0.29) is 0 Å². The van der Waals surface area contributed by atoms with E-state index in [2.05, 4.69) is 135 Å². The first-order valence-electron chi connectivity index (χ1n) is 13.9. The fourth-order valence-electron chi connectivity index (χ4n) is 5.34. The summed E-state index contributed by atoms with van der Waals surface area (Å²) in [6, 6.07) is 43.3. The van der Waals surface area contributed by atoms with Crippen LogP contribution in [0.2, 0.25) is 0 Å². The minimum absolute atomic E-state index is 1.31. The molecule has 7 rings (SSSR count). The van der Waals surface area contributed by atoms with Gasteiger partial charge in [-0.15, -0.1) is 0 Å². The maximum Gasteiger partial charge on any atom is -0.00268 e. The third-order valence-corrected chi connectivity index (χ3v) is 7.10. The SMILES string of the molecule is CC.CC.Cc1c2ccccc2c(C)c2ccccc12.c1ccc2c(c1)ccc1ccc3ccccc3c12. The van der Waals surface area contributed by atoms with E-state index in [4.69, 9.17) is 0 Å². The summed E-state index contributed by atoms with van der Waals surface area (Å²) in [6.45, 7) is 12.4. The predicted octanol–water partition coefficient (Wildman–Crippen LogP) is 11.8. The van der Waals surface area contributed by atoms with E-state index >= 15 is 0 Å². The third-order valence-electron chi connectivity index (χ3n) is 7.10. The van der Waals surface area contributed by atoms with Crippen molar-refractivity contribution in [3.8, 4) is 0 Å². The normalized spacial score (nSPS) is 10.4. The maximum absolute atomic E-state index is 2.21. The molecule has 7 aromatic rings. The second-order valence-corrected chi connectivity index (χ2v) is 9.01. The summed E-state index contributed by atoms with van der Waals surface area (Å²) in [7, 11) is 0. The molecule has 0 fully saturated rings. The molecule has 0 bridgehead atoms. The monoisotopic (exact) mass is 494 g/mol. The molecule has 0 aliphatic heterocycles. The van der Waals surface area contributed by atoms with Gasteiger partial charge in [-0.2, -0.15) is 0 Å². The van der Waals surface area contributed by atoms with E-state index in [0.717, 1.165) is 0 Å². The highest BCUT2D eigenvalue weighted by Gasteiger charge is 2.07. The van der Waals surface area contributed by atoms with E-state index in [1.54, 1.807) is 0 Å². The van der Waals surface area contributed by atoms with Crippen LogP contribution in [0.5, 0.6) is 0 Å². The van der Waals surface area contributed by atoms with E-state index in [0.29, 0.717) is 0 Å². The summed E-state index contributed by atoms with van der Waals surface area (Å²) in [4.78, 5) is 0. The first-order valence-corrected chi connectivity index (χ1v) is 13.9. The molecule has 0 unspecified atom stereocenters. The van der Waals surface area contributed by atoms with Crippen molar-refractivity contribution in [2.24, 2.45) is 0 Å². The number of hydrogen-bond acceptors (Lipinski definition) is 0. The Labute approximate surface area is 227 Å². The van der Waals surface area contributed by atoms with Gasteiger partial charge < -0.3 is 0 Å². The van der Waals surface area contributed by atoms with E-state index in [1.165, 1.54) is 65.0 Å². The fourth-order valence-corrected chi connectivity index (χ4v) is 5.34. The van der Waals surface area contributed by atoms with Gasteiger partial charge in [0.15, 0.2) is 0 Å². The van der Waals surface area contributed by atoms with Gasteiger partial charge in [0, 0.05) is 0 Å². The molecular formula is C38H38. The molecule has 0 aliphatic rings. The second-order valence-electron chi connectivity index (χ2n) is 9.01. The van der Waals surface area contributed by atoms with Crippen LogP contribution in [0, 0.1) is 13.8 Å². The highest BCUT2D eigenvalue weighted by molar-refractivity contribution is 6.20. The van der Waals surface area contributed by atoms with Crippen molar-refractivity contribution in [1.29, 1.82) is 0 Å². The van der Waals surface area contributed by atoms with Gasteiger partial charge in [0.25, 0.3) is 0 Å². The molecule has 0 heterocycles. The van der Waals surface area contributed by atoms with Crippen LogP contribution >= 0.6 is 0 Å². The molecule has 0 radical (unpaired) electrons. The molecule has 0 spiro atoms. The Morgan fingerprint density at radius 2 is 0.553 bits per heavy atom. The molecule has 0 atom stereocenters. The molecular weight excluding hydrogens is 456 g/mol. The minimum Gasteiger partial charge on any atom is -0.0683 e. The lowest BCUT2D eigenvalue weighted by atomic mass is 9.93. The lowest BCUT2D eigenvalue weighted by Crippen LogP contribution is -1.87. The molecule has 0 aromatic heterocycles. The van der Waals surface area contributed by atoms with Gasteiger partial charge in [-0.1, -0.05) is 149 Å². The standard InChI is InChI=1S/C18H12.C16H14.2C2H6/c1-3-7-16-13(5-1)9-11-15-12-10-14-6-2-4-8-17(14)18(15)16;1-11-13-7-3-5-9-15(13)12(2)16-10-6-4-8-14(11)16;2*1-2/h1-12H;3-10H,1-2H3;2*1-2H3. The summed E-state index contributed by atoms with van der Waals surface area (Å²) < 4.78 is 0. The third kappa shape index (κ3) is 5.00. The van der Waals surface area contributed by atoms with Crippen LogP contribution < -0.4 is 0 Å². The van der Waals surface area contributed by atoms with Gasteiger partial charge in [0.05, 0.1) is 0 Å². The van der Waals surface area contributed by atoms with E-state index in [1.807, 2.05) is 27.7 Å². The first-order chi connectivity index (χ1) is 18.7. The lowest BCUT2D eigenvalue weighted by Gasteiger charge is -2.11. The molecule has 0 heteroatoms. The maximum atomic E-state index is 2.21. The van der Waals surface area contributed by atoms with Crippen LogP contribution in [0.3, 0.4) is 0 Å². The van der Waals surface area contributed by atoms with Crippen LogP contribution in [-0.2, 0) is 0 Å². The largest absolute Gasteiger partial charge is 0.0683 e. The summed E-state index contributed by atoms with van der Waals surface area (Å²) in [5.74, 6) is 0. The second kappa shape index (κ2) is 12.4. The average Bonchev–Trinajstić information content (AvgIpc) is 3.02. The van der Waals surface area contributed by atoms with Gasteiger partial charge in [-0.25, -0.2) is 0 Å². The van der Waals surface area contributed by atoms with Crippen LogP contribution in [0.15, 0.2) is 121 Å². The van der Waals surface area contributed by atoms with Crippen molar-refractivity contribution < 1.29 is 0 Å². The summed E-state index contributed by atoms with van der Waals surface area (Å²) in [6.07, 6.45) is 0. The number of rotatable bonds is 0. The van der Waals surface area contributed by atoms with Crippen molar-refractivity contribution in [1.82, 2.24) is 0 Å². The lowest BCUT2D eigenvalue weighted by molar-refractivity contribution is 1.50. The van der Waals surface area contributed by atoms with Crippen molar-refractivity contribution >= 4 is 53.9 Å². The number of aryl methyl sites for hydroxylation is 2. The predicted molar refractivity (Wildman–Crippen MR) is 173 cm³/mol. The molecule has 0 aliphatic carbocycles. The number of fused-ring (bicyclic) bond motifs is 7. The smallest absolute Gasteiger partial charge is 0.00268 e. The van der Waals surface area contributed by atoms with Gasteiger partial charge in [0.2, 0.25) is 0 Å². The topological polar surface area (TPSA) is 0 Å². The molecule has 0 N–H and O–H groups in total. The van der Waals surface area contributed by atoms with Gasteiger partial charge in [-0.05, 0) is 78.8 Å². The molecule has 190 valence electrons. The highest BCUT2D eigenvalue weighted by atomic mass is 14.1. The number of benzene rings is 7. The molecule has 7 aromatic carbocycles. The van der Waals surface area contributed by atoms with Crippen LogP contribution in [0.4, 0.5) is 0 Å². The minimum atomic E-state index is 1.31. The Kier molecular flexibility index (Phi) is 8.77. The molecule has 0 amide bonds. The Balaban J connectivity index is 0.000000158. The van der Waals surface area contributed by atoms with E-state index < -0.39 is 0 Å². The summed E-state index contributed by atoms with van der Waals surface area (Å²) >= 11 is 0. The van der Waals surface area contributed by atoms with Gasteiger partial charge in [-0.3, -0.25) is 0 Å². The average molecular weight is 495 g/mol. The van der Waals surface area contributed by atoms with Crippen molar-refractivity contribution in [3.05, 3.63) is 132 Å². The molecule has 0 saturated carbocycles. The van der Waals surface area contributed by atoms with Crippen LogP contribution in [-0.4, -0.2) is 0 Å². The number of hydrogen-bond donors (Lipinski definition) is 0. The summed E-state index contributed by atoms with van der Waals surface area (Å²) in [5.41, 5.74) is 2.77. The first kappa shape index (κ1) is 26.9.